The van der Waals surface area contributed by atoms with E-state index in [2.05, 4.69) is 46.9 Å². The van der Waals surface area contributed by atoms with Crippen LogP contribution in [-0.4, -0.2) is 4.98 Å². The number of nitrogens with zero attached hydrogens (tertiary/aromatic N) is 1. The van der Waals surface area contributed by atoms with E-state index in [4.69, 9.17) is 0 Å². The van der Waals surface area contributed by atoms with E-state index in [1.807, 2.05) is 6.92 Å². The lowest BCUT2D eigenvalue weighted by atomic mass is 10.1. The summed E-state index contributed by atoms with van der Waals surface area (Å²) in [6, 6.07) is 8.52. The summed E-state index contributed by atoms with van der Waals surface area (Å²) in [4.78, 5) is 4.46. The molecule has 0 atom stereocenters. The fourth-order valence-corrected chi connectivity index (χ4v) is 2.55. The van der Waals surface area contributed by atoms with E-state index in [1.165, 1.54) is 17.7 Å². The maximum atomic E-state index is 4.46. The summed E-state index contributed by atoms with van der Waals surface area (Å²) >= 11 is 1.71. The van der Waals surface area contributed by atoms with Gasteiger partial charge in [-0.05, 0) is 25.0 Å². The standard InChI is InChI=1S/C14H18N2S/c1-3-6-12-7-4-5-8-13(12)15-9-14-16-11(2)10-17-14/h4-5,7-8,10,15H,3,6,9H2,1-2H3. The van der Waals surface area contributed by atoms with Crippen LogP contribution in [0.25, 0.3) is 0 Å². The Hall–Kier alpha value is -1.35. The van der Waals surface area contributed by atoms with E-state index in [1.54, 1.807) is 11.3 Å². The Morgan fingerprint density at radius 3 is 2.82 bits per heavy atom. The molecule has 0 aliphatic rings. The predicted molar refractivity (Wildman–Crippen MR) is 74.6 cm³/mol. The number of nitrogens with one attached hydrogen (secondary N) is 1. The Morgan fingerprint density at radius 1 is 1.29 bits per heavy atom. The van der Waals surface area contributed by atoms with E-state index in [0.717, 1.165) is 23.7 Å². The zero-order valence-electron chi connectivity index (χ0n) is 10.4. The molecule has 0 spiro atoms. The van der Waals surface area contributed by atoms with Crippen LogP contribution in [0.15, 0.2) is 29.6 Å². The molecule has 0 radical (unpaired) electrons. The maximum absolute atomic E-state index is 4.46. The van der Waals surface area contributed by atoms with E-state index in [9.17, 15) is 0 Å². The number of hydrogen-bond donors (Lipinski definition) is 1. The molecule has 1 N–H and O–H groups in total. The van der Waals surface area contributed by atoms with Crippen LogP contribution in [0.1, 0.15) is 29.6 Å². The highest BCUT2D eigenvalue weighted by Crippen LogP contribution is 2.18. The molecule has 1 aromatic carbocycles. The molecule has 3 heteroatoms. The Morgan fingerprint density at radius 2 is 2.12 bits per heavy atom. The summed E-state index contributed by atoms with van der Waals surface area (Å²) in [5, 5.41) is 6.71. The van der Waals surface area contributed by atoms with Gasteiger partial charge in [-0.3, -0.25) is 0 Å². The molecule has 0 fully saturated rings. The average Bonchev–Trinajstić information content (AvgIpc) is 2.74. The van der Waals surface area contributed by atoms with Gasteiger partial charge in [-0.1, -0.05) is 31.5 Å². The molecule has 2 nitrogen and oxygen atoms in total. The lowest BCUT2D eigenvalue weighted by Gasteiger charge is -2.10. The lowest BCUT2D eigenvalue weighted by molar-refractivity contribution is 0.919. The summed E-state index contributed by atoms with van der Waals surface area (Å²) in [5.41, 5.74) is 3.74. The van der Waals surface area contributed by atoms with Gasteiger partial charge in [0, 0.05) is 16.8 Å². The van der Waals surface area contributed by atoms with Gasteiger partial charge in [0.25, 0.3) is 0 Å². The minimum Gasteiger partial charge on any atom is -0.378 e. The smallest absolute Gasteiger partial charge is 0.112 e. The second-order valence-electron chi connectivity index (χ2n) is 4.14. The molecule has 0 saturated heterocycles. The first-order valence-electron chi connectivity index (χ1n) is 6.02. The summed E-state index contributed by atoms with van der Waals surface area (Å²) in [7, 11) is 0. The molecule has 17 heavy (non-hydrogen) atoms. The highest BCUT2D eigenvalue weighted by Gasteiger charge is 2.02. The van der Waals surface area contributed by atoms with E-state index in [0.29, 0.717) is 0 Å². The highest BCUT2D eigenvalue weighted by atomic mass is 32.1. The first-order chi connectivity index (χ1) is 8.29. The second-order valence-corrected chi connectivity index (χ2v) is 5.09. The van der Waals surface area contributed by atoms with Gasteiger partial charge in [0.2, 0.25) is 0 Å². The number of aromatic nitrogens is 1. The minimum absolute atomic E-state index is 0.819. The van der Waals surface area contributed by atoms with Crippen molar-refractivity contribution in [1.29, 1.82) is 0 Å². The van der Waals surface area contributed by atoms with Gasteiger partial charge in [0.1, 0.15) is 5.01 Å². The van der Waals surface area contributed by atoms with Gasteiger partial charge >= 0.3 is 0 Å². The highest BCUT2D eigenvalue weighted by molar-refractivity contribution is 7.09. The summed E-state index contributed by atoms with van der Waals surface area (Å²) in [5.74, 6) is 0. The van der Waals surface area contributed by atoms with E-state index >= 15 is 0 Å². The first kappa shape index (κ1) is 12.1. The molecule has 0 amide bonds. The second kappa shape index (κ2) is 5.82. The number of hydrogen-bond acceptors (Lipinski definition) is 3. The van der Waals surface area contributed by atoms with Crippen molar-refractivity contribution in [3.8, 4) is 0 Å². The Bertz CT molecular complexity index is 477. The minimum atomic E-state index is 0.819. The number of para-hydroxylation sites is 1. The van der Waals surface area contributed by atoms with Crippen molar-refractivity contribution >= 4 is 17.0 Å². The zero-order valence-corrected chi connectivity index (χ0v) is 11.2. The summed E-state index contributed by atoms with van der Waals surface area (Å²) in [6.07, 6.45) is 2.30. The molecular weight excluding hydrogens is 228 g/mol. The Labute approximate surface area is 107 Å². The molecule has 1 aromatic heterocycles. The van der Waals surface area contributed by atoms with Crippen molar-refractivity contribution in [3.05, 3.63) is 45.9 Å². The van der Waals surface area contributed by atoms with Crippen LogP contribution in [0.4, 0.5) is 5.69 Å². The van der Waals surface area contributed by atoms with Crippen molar-refractivity contribution in [1.82, 2.24) is 4.98 Å². The fourth-order valence-electron chi connectivity index (χ4n) is 1.83. The van der Waals surface area contributed by atoms with Crippen molar-refractivity contribution < 1.29 is 0 Å². The molecule has 1 heterocycles. The number of aryl methyl sites for hydroxylation is 2. The monoisotopic (exact) mass is 246 g/mol. The number of benzene rings is 1. The molecule has 0 bridgehead atoms. The van der Waals surface area contributed by atoms with Crippen molar-refractivity contribution in [3.63, 3.8) is 0 Å². The molecule has 2 rings (SSSR count). The van der Waals surface area contributed by atoms with Gasteiger partial charge in [-0.25, -0.2) is 4.98 Å². The first-order valence-corrected chi connectivity index (χ1v) is 6.90. The van der Waals surface area contributed by atoms with Crippen LogP contribution >= 0.6 is 11.3 Å². The average molecular weight is 246 g/mol. The molecule has 0 aliphatic heterocycles. The van der Waals surface area contributed by atoms with Gasteiger partial charge in [-0.2, -0.15) is 0 Å². The van der Waals surface area contributed by atoms with E-state index in [-0.39, 0.29) is 0 Å². The molecule has 90 valence electrons. The third-order valence-corrected chi connectivity index (χ3v) is 3.60. The van der Waals surface area contributed by atoms with E-state index < -0.39 is 0 Å². The van der Waals surface area contributed by atoms with Crippen molar-refractivity contribution in [2.24, 2.45) is 0 Å². The van der Waals surface area contributed by atoms with Crippen LogP contribution in [0.3, 0.4) is 0 Å². The Balaban J connectivity index is 2.03. The van der Waals surface area contributed by atoms with Gasteiger partial charge < -0.3 is 5.32 Å². The van der Waals surface area contributed by atoms with Gasteiger partial charge in [0.05, 0.1) is 6.54 Å². The summed E-state index contributed by atoms with van der Waals surface area (Å²) in [6.45, 7) is 5.06. The molecule has 0 saturated carbocycles. The molecular formula is C14H18N2S. The van der Waals surface area contributed by atoms with Gasteiger partial charge in [-0.15, -0.1) is 11.3 Å². The quantitative estimate of drug-likeness (QED) is 0.862. The molecule has 2 aromatic rings. The summed E-state index contributed by atoms with van der Waals surface area (Å²) < 4.78 is 0. The number of rotatable bonds is 5. The van der Waals surface area contributed by atoms with Crippen LogP contribution in [0.5, 0.6) is 0 Å². The normalized spacial score (nSPS) is 10.5. The van der Waals surface area contributed by atoms with Gasteiger partial charge in [0.15, 0.2) is 0 Å². The van der Waals surface area contributed by atoms with Crippen LogP contribution in [-0.2, 0) is 13.0 Å². The van der Waals surface area contributed by atoms with Crippen LogP contribution < -0.4 is 5.32 Å². The third-order valence-electron chi connectivity index (χ3n) is 2.63. The van der Waals surface area contributed by atoms with Crippen LogP contribution in [0, 0.1) is 6.92 Å². The predicted octanol–water partition coefficient (Wildman–Crippen LogP) is 4.02. The van der Waals surface area contributed by atoms with Crippen molar-refractivity contribution in [2.75, 3.05) is 5.32 Å². The number of thiazole rings is 1. The molecule has 0 aliphatic carbocycles. The third kappa shape index (κ3) is 3.30. The maximum Gasteiger partial charge on any atom is 0.112 e. The van der Waals surface area contributed by atoms with Crippen molar-refractivity contribution in [2.45, 2.75) is 33.2 Å². The molecule has 0 unspecified atom stereocenters. The fraction of sp³-hybridized carbons (Fsp3) is 0.357. The number of anilines is 1. The zero-order chi connectivity index (χ0) is 12.1. The topological polar surface area (TPSA) is 24.9 Å². The Kier molecular flexibility index (Phi) is 4.15. The van der Waals surface area contributed by atoms with Crippen LogP contribution in [0.2, 0.25) is 0 Å². The SMILES string of the molecule is CCCc1ccccc1NCc1nc(C)cs1. The largest absolute Gasteiger partial charge is 0.378 e. The lowest BCUT2D eigenvalue weighted by Crippen LogP contribution is -2.02.